The molecule has 4 heterocycles. The van der Waals surface area contributed by atoms with Gasteiger partial charge < -0.3 is 9.32 Å². The van der Waals surface area contributed by atoms with Crippen molar-refractivity contribution in [2.75, 3.05) is 26.2 Å². The van der Waals surface area contributed by atoms with Gasteiger partial charge in [-0.1, -0.05) is 24.3 Å². The number of aromatic nitrogens is 4. The third kappa shape index (κ3) is 4.22. The number of aryl methyl sites for hydroxylation is 2. The number of furan rings is 1. The van der Waals surface area contributed by atoms with Crippen LogP contribution in [0.3, 0.4) is 0 Å². The highest BCUT2D eigenvalue weighted by atomic mass is 16.3. The number of benzene rings is 1. The van der Waals surface area contributed by atoms with Crippen LogP contribution in [0.15, 0.2) is 59.3 Å². The number of rotatable bonds is 4. The van der Waals surface area contributed by atoms with Crippen molar-refractivity contribution in [2.24, 2.45) is 0 Å². The summed E-state index contributed by atoms with van der Waals surface area (Å²) in [5.41, 5.74) is 4.97. The summed E-state index contributed by atoms with van der Waals surface area (Å²) < 4.78 is 7.33. The standard InChI is InChI=1S/C28H30N6O2/c1-19-7-10-26(36-19)25-11-12-29-28(31-25)34-20(2)24(18-30-34)27(35)33-15-13-32(14-16-33)23-9-8-21-5-3-4-6-22(21)17-23/h3-7,10-12,18,23H,8-9,13-17H2,1-2H3/t23-/m0/s1. The van der Waals surface area contributed by atoms with Gasteiger partial charge in [-0.3, -0.25) is 9.69 Å². The van der Waals surface area contributed by atoms with Gasteiger partial charge in [-0.05, 0) is 62.4 Å². The molecule has 184 valence electrons. The van der Waals surface area contributed by atoms with Crippen LogP contribution in [0.5, 0.6) is 0 Å². The van der Waals surface area contributed by atoms with Gasteiger partial charge >= 0.3 is 0 Å². The van der Waals surface area contributed by atoms with E-state index in [1.54, 1.807) is 23.1 Å². The molecular formula is C28H30N6O2. The number of hydrogen-bond donors (Lipinski definition) is 0. The maximum atomic E-state index is 13.4. The monoisotopic (exact) mass is 482 g/mol. The summed E-state index contributed by atoms with van der Waals surface area (Å²) in [6.07, 6.45) is 6.75. The summed E-state index contributed by atoms with van der Waals surface area (Å²) in [5.74, 6) is 1.93. The van der Waals surface area contributed by atoms with Crippen LogP contribution in [0.25, 0.3) is 17.4 Å². The number of fused-ring (bicyclic) bond motifs is 1. The Morgan fingerprint density at radius 3 is 2.58 bits per heavy atom. The minimum atomic E-state index is 0.0187. The lowest BCUT2D eigenvalue weighted by Gasteiger charge is -2.41. The van der Waals surface area contributed by atoms with E-state index < -0.39 is 0 Å². The highest BCUT2D eigenvalue weighted by Crippen LogP contribution is 2.26. The van der Waals surface area contributed by atoms with Gasteiger partial charge in [0.25, 0.3) is 11.9 Å². The van der Waals surface area contributed by atoms with Crippen molar-refractivity contribution in [1.82, 2.24) is 29.5 Å². The lowest BCUT2D eigenvalue weighted by atomic mass is 9.87. The van der Waals surface area contributed by atoms with Crippen LogP contribution in [0.4, 0.5) is 0 Å². The smallest absolute Gasteiger partial charge is 0.257 e. The third-order valence-corrected chi connectivity index (χ3v) is 7.50. The second-order valence-electron chi connectivity index (χ2n) is 9.70. The topological polar surface area (TPSA) is 80.3 Å². The molecule has 8 nitrogen and oxygen atoms in total. The number of piperazine rings is 1. The molecule has 1 aromatic carbocycles. The van der Waals surface area contributed by atoms with Crippen LogP contribution >= 0.6 is 0 Å². The van der Waals surface area contributed by atoms with Crippen LogP contribution in [-0.4, -0.2) is 67.7 Å². The van der Waals surface area contributed by atoms with Crippen molar-refractivity contribution in [1.29, 1.82) is 0 Å². The van der Waals surface area contributed by atoms with Crippen molar-refractivity contribution in [3.8, 4) is 17.4 Å². The molecule has 0 bridgehead atoms. The average Bonchev–Trinajstić information content (AvgIpc) is 3.53. The molecule has 1 fully saturated rings. The molecule has 0 unspecified atom stereocenters. The molecule has 0 radical (unpaired) electrons. The molecule has 1 saturated heterocycles. The van der Waals surface area contributed by atoms with E-state index in [9.17, 15) is 4.79 Å². The fraction of sp³-hybridized carbons (Fsp3) is 0.357. The maximum Gasteiger partial charge on any atom is 0.257 e. The molecule has 6 rings (SSSR count). The van der Waals surface area contributed by atoms with Crippen LogP contribution < -0.4 is 0 Å². The Balaban J connectivity index is 1.13. The molecule has 1 aliphatic heterocycles. The second-order valence-corrected chi connectivity index (χ2v) is 9.70. The van der Waals surface area contributed by atoms with Gasteiger partial charge in [0, 0.05) is 38.4 Å². The normalized spacial score (nSPS) is 18.3. The van der Waals surface area contributed by atoms with Crippen molar-refractivity contribution >= 4 is 5.91 Å². The molecule has 1 amide bonds. The minimum absolute atomic E-state index is 0.0187. The predicted molar refractivity (Wildman–Crippen MR) is 136 cm³/mol. The van der Waals surface area contributed by atoms with Crippen LogP contribution in [0.2, 0.25) is 0 Å². The molecule has 36 heavy (non-hydrogen) atoms. The van der Waals surface area contributed by atoms with E-state index in [0.29, 0.717) is 29.0 Å². The van der Waals surface area contributed by atoms with E-state index in [2.05, 4.69) is 44.2 Å². The lowest BCUT2D eigenvalue weighted by molar-refractivity contribution is 0.0552. The van der Waals surface area contributed by atoms with E-state index in [1.165, 1.54) is 17.5 Å². The molecule has 2 aliphatic rings. The van der Waals surface area contributed by atoms with Crippen molar-refractivity contribution < 1.29 is 9.21 Å². The predicted octanol–water partition coefficient (Wildman–Crippen LogP) is 3.85. The first kappa shape index (κ1) is 22.7. The molecule has 1 aliphatic carbocycles. The van der Waals surface area contributed by atoms with Crippen molar-refractivity contribution in [3.05, 3.63) is 83.0 Å². The van der Waals surface area contributed by atoms with Gasteiger partial charge in [-0.2, -0.15) is 5.10 Å². The molecule has 0 saturated carbocycles. The highest BCUT2D eigenvalue weighted by Gasteiger charge is 2.30. The Morgan fingerprint density at radius 1 is 1.00 bits per heavy atom. The minimum Gasteiger partial charge on any atom is -0.460 e. The number of carbonyl (C=O) groups is 1. The average molecular weight is 483 g/mol. The second kappa shape index (κ2) is 9.35. The Hall–Kier alpha value is -3.78. The molecule has 8 heteroatoms. The summed E-state index contributed by atoms with van der Waals surface area (Å²) in [7, 11) is 0. The van der Waals surface area contributed by atoms with Crippen molar-refractivity contribution in [2.45, 2.75) is 39.2 Å². The molecule has 0 N–H and O–H groups in total. The first-order chi connectivity index (χ1) is 17.6. The molecule has 4 aromatic rings. The Morgan fingerprint density at radius 2 is 1.81 bits per heavy atom. The number of carbonyl (C=O) groups excluding carboxylic acids is 1. The summed E-state index contributed by atoms with van der Waals surface area (Å²) in [6.45, 7) is 7.05. The van der Waals surface area contributed by atoms with Gasteiger partial charge in [0.2, 0.25) is 0 Å². The molecule has 0 spiro atoms. The van der Waals surface area contributed by atoms with Crippen molar-refractivity contribution in [3.63, 3.8) is 0 Å². The summed E-state index contributed by atoms with van der Waals surface area (Å²) in [5, 5.41) is 4.45. The summed E-state index contributed by atoms with van der Waals surface area (Å²) in [4.78, 5) is 26.9. The zero-order chi connectivity index (χ0) is 24.6. The lowest BCUT2D eigenvalue weighted by Crippen LogP contribution is -2.53. The van der Waals surface area contributed by atoms with E-state index >= 15 is 0 Å². The Labute approximate surface area is 210 Å². The molecule has 1 atom stereocenters. The van der Waals surface area contributed by atoms with E-state index in [0.717, 1.165) is 50.5 Å². The summed E-state index contributed by atoms with van der Waals surface area (Å²) in [6, 6.07) is 14.9. The Kier molecular flexibility index (Phi) is 5.89. The van der Waals surface area contributed by atoms with E-state index in [-0.39, 0.29) is 5.91 Å². The van der Waals surface area contributed by atoms with Gasteiger partial charge in [-0.15, -0.1) is 0 Å². The van der Waals surface area contributed by atoms with E-state index in [1.807, 2.05) is 30.9 Å². The van der Waals surface area contributed by atoms with Crippen LogP contribution in [0.1, 0.15) is 39.4 Å². The quantitative estimate of drug-likeness (QED) is 0.440. The van der Waals surface area contributed by atoms with Gasteiger partial charge in [0.15, 0.2) is 5.76 Å². The maximum absolute atomic E-state index is 13.4. The first-order valence-corrected chi connectivity index (χ1v) is 12.6. The van der Waals surface area contributed by atoms with Gasteiger partial charge in [0.1, 0.15) is 11.5 Å². The fourth-order valence-electron chi connectivity index (χ4n) is 5.43. The first-order valence-electron chi connectivity index (χ1n) is 12.6. The van der Waals surface area contributed by atoms with Crippen LogP contribution in [0, 0.1) is 13.8 Å². The zero-order valence-electron chi connectivity index (χ0n) is 20.7. The number of nitrogens with zero attached hydrogens (tertiary/aromatic N) is 6. The van der Waals surface area contributed by atoms with E-state index in [4.69, 9.17) is 4.42 Å². The largest absolute Gasteiger partial charge is 0.460 e. The number of hydrogen-bond acceptors (Lipinski definition) is 6. The van der Waals surface area contributed by atoms with Crippen LogP contribution in [-0.2, 0) is 12.8 Å². The number of amides is 1. The summed E-state index contributed by atoms with van der Waals surface area (Å²) >= 11 is 0. The highest BCUT2D eigenvalue weighted by molar-refractivity contribution is 5.95. The van der Waals surface area contributed by atoms with Gasteiger partial charge in [0.05, 0.1) is 17.5 Å². The molecule has 3 aromatic heterocycles. The SMILES string of the molecule is Cc1ccc(-c2ccnc(-n3ncc(C(=O)N4CCN([C@H]5CCc6ccccc6C5)CC4)c3C)n2)o1. The van der Waals surface area contributed by atoms with Gasteiger partial charge in [-0.25, -0.2) is 14.6 Å². The third-order valence-electron chi connectivity index (χ3n) is 7.50. The zero-order valence-corrected chi connectivity index (χ0v) is 20.7. The Bertz CT molecular complexity index is 1400. The fourth-order valence-corrected chi connectivity index (χ4v) is 5.43. The molecular weight excluding hydrogens is 452 g/mol.